The molecule has 0 aliphatic heterocycles. The molecule has 31 heavy (non-hydrogen) atoms. The van der Waals surface area contributed by atoms with E-state index in [9.17, 15) is 10.2 Å². The van der Waals surface area contributed by atoms with Crippen LogP contribution < -0.4 is 0 Å². The molecular weight excluding hydrogens is 380 g/mol. The number of aromatic hydroxyl groups is 2. The molecule has 1 saturated carbocycles. The Bertz CT molecular complexity index is 1000. The summed E-state index contributed by atoms with van der Waals surface area (Å²) >= 11 is 0. The van der Waals surface area contributed by atoms with E-state index in [1.807, 2.05) is 26.0 Å². The van der Waals surface area contributed by atoms with Gasteiger partial charge >= 0.3 is 0 Å². The van der Waals surface area contributed by atoms with E-state index in [2.05, 4.69) is 68.4 Å². The van der Waals surface area contributed by atoms with Crippen molar-refractivity contribution in [1.29, 1.82) is 0 Å². The normalized spacial score (nSPS) is 16.9. The summed E-state index contributed by atoms with van der Waals surface area (Å²) in [6.45, 7) is 8.71. The molecule has 1 fully saturated rings. The summed E-state index contributed by atoms with van der Waals surface area (Å²) in [5.41, 5.74) is 5.81. The second-order valence-corrected chi connectivity index (χ2v) is 9.95. The lowest BCUT2D eigenvalue weighted by Crippen LogP contribution is -2.39. The Kier molecular flexibility index (Phi) is 5.60. The van der Waals surface area contributed by atoms with Gasteiger partial charge in [-0.1, -0.05) is 68.4 Å². The third-order valence-corrected chi connectivity index (χ3v) is 7.88. The number of rotatable bonds is 4. The van der Waals surface area contributed by atoms with Gasteiger partial charge in [0.05, 0.1) is 0 Å². The van der Waals surface area contributed by atoms with Gasteiger partial charge in [0.1, 0.15) is 11.5 Å². The lowest BCUT2D eigenvalue weighted by Gasteiger charge is -2.46. The van der Waals surface area contributed by atoms with Crippen molar-refractivity contribution in [3.05, 3.63) is 94.5 Å². The van der Waals surface area contributed by atoms with Crippen LogP contribution in [0, 0.1) is 19.8 Å². The first-order valence-corrected chi connectivity index (χ1v) is 11.4. The Balaban J connectivity index is 1.72. The molecule has 3 aromatic carbocycles. The fraction of sp³-hybridized carbons (Fsp3) is 0.379. The fourth-order valence-corrected chi connectivity index (χ4v) is 5.59. The van der Waals surface area contributed by atoms with Gasteiger partial charge in [-0.3, -0.25) is 0 Å². The smallest absolute Gasteiger partial charge is 0.118 e. The van der Waals surface area contributed by atoms with Gasteiger partial charge in [0, 0.05) is 5.41 Å². The van der Waals surface area contributed by atoms with E-state index in [-0.39, 0.29) is 10.8 Å². The maximum absolute atomic E-state index is 10.1. The summed E-state index contributed by atoms with van der Waals surface area (Å²) in [5, 5.41) is 20.2. The van der Waals surface area contributed by atoms with Crippen molar-refractivity contribution in [2.24, 2.45) is 5.92 Å². The standard InChI is InChI=1S/C29H34O2/c1-20-18-24(10-12-26(20)30)29(25-11-13-27(31)21(2)19-25)16-14-23(15-17-29)28(3,4)22-8-6-5-7-9-22/h5-13,18-19,23,30-31H,14-17H2,1-4H3. The number of aryl methyl sites for hydroxylation is 2. The molecule has 0 heterocycles. The first-order valence-electron chi connectivity index (χ1n) is 11.4. The van der Waals surface area contributed by atoms with Crippen molar-refractivity contribution in [3.63, 3.8) is 0 Å². The second kappa shape index (κ2) is 8.07. The highest BCUT2D eigenvalue weighted by Crippen LogP contribution is 2.51. The molecule has 2 nitrogen and oxygen atoms in total. The number of hydrogen-bond donors (Lipinski definition) is 2. The largest absolute Gasteiger partial charge is 0.508 e. The van der Waals surface area contributed by atoms with Gasteiger partial charge in [0.2, 0.25) is 0 Å². The van der Waals surface area contributed by atoms with Gasteiger partial charge < -0.3 is 10.2 Å². The summed E-state index contributed by atoms with van der Waals surface area (Å²) in [6.07, 6.45) is 4.40. The lowest BCUT2D eigenvalue weighted by atomic mass is 9.58. The predicted octanol–water partition coefficient (Wildman–Crippen LogP) is 7.17. The highest BCUT2D eigenvalue weighted by atomic mass is 16.3. The highest BCUT2D eigenvalue weighted by Gasteiger charge is 2.43. The first-order chi connectivity index (χ1) is 14.7. The van der Waals surface area contributed by atoms with Gasteiger partial charge in [0.15, 0.2) is 0 Å². The van der Waals surface area contributed by atoms with E-state index in [0.29, 0.717) is 17.4 Å². The Morgan fingerprint density at radius 3 is 1.68 bits per heavy atom. The van der Waals surface area contributed by atoms with Crippen molar-refractivity contribution in [1.82, 2.24) is 0 Å². The molecular formula is C29H34O2. The van der Waals surface area contributed by atoms with Crippen LogP contribution in [0.25, 0.3) is 0 Å². The van der Waals surface area contributed by atoms with Crippen LogP contribution in [0.15, 0.2) is 66.7 Å². The Hall–Kier alpha value is -2.74. The third-order valence-electron chi connectivity index (χ3n) is 7.88. The molecule has 0 unspecified atom stereocenters. The topological polar surface area (TPSA) is 40.5 Å². The SMILES string of the molecule is Cc1cc(C2(c3ccc(O)c(C)c3)CCC(C(C)(C)c3ccccc3)CC2)ccc1O. The molecule has 1 aliphatic carbocycles. The van der Waals surface area contributed by atoms with Gasteiger partial charge in [-0.25, -0.2) is 0 Å². The van der Waals surface area contributed by atoms with E-state index in [1.165, 1.54) is 16.7 Å². The molecule has 0 spiro atoms. The van der Waals surface area contributed by atoms with Crippen LogP contribution in [-0.4, -0.2) is 10.2 Å². The average Bonchev–Trinajstić information content (AvgIpc) is 2.78. The van der Waals surface area contributed by atoms with E-state index in [4.69, 9.17) is 0 Å². The molecule has 0 saturated heterocycles. The Labute approximate surface area is 186 Å². The fourth-order valence-electron chi connectivity index (χ4n) is 5.59. The highest BCUT2D eigenvalue weighted by molar-refractivity contribution is 5.48. The van der Waals surface area contributed by atoms with Crippen LogP contribution in [0.3, 0.4) is 0 Å². The summed E-state index contributed by atoms with van der Waals surface area (Å²) in [7, 11) is 0. The van der Waals surface area contributed by atoms with Crippen LogP contribution in [0.2, 0.25) is 0 Å². The maximum atomic E-state index is 10.1. The maximum Gasteiger partial charge on any atom is 0.118 e. The van der Waals surface area contributed by atoms with Gasteiger partial charge in [0.25, 0.3) is 0 Å². The first kappa shape index (κ1) is 21.5. The molecule has 2 heteroatoms. The molecule has 2 N–H and O–H groups in total. The van der Waals surface area contributed by atoms with Crippen LogP contribution in [0.5, 0.6) is 11.5 Å². The monoisotopic (exact) mass is 414 g/mol. The molecule has 162 valence electrons. The van der Waals surface area contributed by atoms with Gasteiger partial charge in [-0.2, -0.15) is 0 Å². The van der Waals surface area contributed by atoms with Crippen molar-refractivity contribution >= 4 is 0 Å². The quantitative estimate of drug-likeness (QED) is 0.475. The zero-order valence-electron chi connectivity index (χ0n) is 19.2. The molecule has 0 amide bonds. The minimum Gasteiger partial charge on any atom is -0.508 e. The lowest BCUT2D eigenvalue weighted by molar-refractivity contribution is 0.188. The minimum atomic E-state index is -0.0970. The zero-order valence-corrected chi connectivity index (χ0v) is 19.2. The van der Waals surface area contributed by atoms with E-state index in [1.54, 1.807) is 0 Å². The average molecular weight is 415 g/mol. The van der Waals surface area contributed by atoms with Crippen LogP contribution in [-0.2, 0) is 10.8 Å². The second-order valence-electron chi connectivity index (χ2n) is 9.95. The van der Waals surface area contributed by atoms with Crippen molar-refractivity contribution in [2.75, 3.05) is 0 Å². The van der Waals surface area contributed by atoms with Crippen LogP contribution in [0.4, 0.5) is 0 Å². The molecule has 3 aromatic rings. The van der Waals surface area contributed by atoms with Crippen LogP contribution in [0.1, 0.15) is 67.3 Å². The number of phenolic OH excluding ortho intramolecular Hbond substituents is 2. The Morgan fingerprint density at radius 2 is 1.23 bits per heavy atom. The summed E-state index contributed by atoms with van der Waals surface area (Å²) < 4.78 is 0. The van der Waals surface area contributed by atoms with Gasteiger partial charge in [-0.15, -0.1) is 0 Å². The number of phenols is 2. The van der Waals surface area contributed by atoms with Crippen molar-refractivity contribution in [3.8, 4) is 11.5 Å². The molecule has 4 rings (SSSR count). The zero-order chi connectivity index (χ0) is 22.2. The van der Waals surface area contributed by atoms with E-state index in [0.717, 1.165) is 36.8 Å². The van der Waals surface area contributed by atoms with E-state index < -0.39 is 0 Å². The number of hydrogen-bond acceptors (Lipinski definition) is 2. The molecule has 0 radical (unpaired) electrons. The predicted molar refractivity (Wildman–Crippen MR) is 128 cm³/mol. The third kappa shape index (κ3) is 3.84. The minimum absolute atomic E-state index is 0.0970. The van der Waals surface area contributed by atoms with Gasteiger partial charge in [-0.05, 0) is 90.8 Å². The van der Waals surface area contributed by atoms with E-state index >= 15 is 0 Å². The summed E-state index contributed by atoms with van der Waals surface area (Å²) in [6, 6.07) is 23.0. The molecule has 1 aliphatic rings. The van der Waals surface area contributed by atoms with Crippen molar-refractivity contribution < 1.29 is 10.2 Å². The summed E-state index contributed by atoms with van der Waals surface area (Å²) in [4.78, 5) is 0. The van der Waals surface area contributed by atoms with Crippen LogP contribution >= 0.6 is 0 Å². The van der Waals surface area contributed by atoms with Crippen molar-refractivity contribution in [2.45, 2.75) is 64.2 Å². The molecule has 0 atom stereocenters. The summed E-state index contributed by atoms with van der Waals surface area (Å²) in [5.74, 6) is 1.30. The molecule has 0 bridgehead atoms. The number of benzene rings is 3. The Morgan fingerprint density at radius 1 is 0.742 bits per heavy atom. The molecule has 0 aromatic heterocycles.